The average Bonchev–Trinajstić information content (AvgIpc) is 2.72. The van der Waals surface area contributed by atoms with Gasteiger partial charge in [-0.25, -0.2) is 0 Å². The van der Waals surface area contributed by atoms with Gasteiger partial charge in [0, 0.05) is 13.1 Å². The van der Waals surface area contributed by atoms with E-state index in [1.54, 1.807) is 0 Å². The number of benzene rings is 1. The molecule has 1 heterocycles. The van der Waals surface area contributed by atoms with Gasteiger partial charge in [0.25, 0.3) is 0 Å². The van der Waals surface area contributed by atoms with Gasteiger partial charge in [0.2, 0.25) is 0 Å². The minimum atomic E-state index is -1.04. The first kappa shape index (κ1) is 9.69. The molecule has 1 N–H and O–H groups in total. The number of likely N-dealkylation sites (tertiary alicyclic amines) is 1. The summed E-state index contributed by atoms with van der Waals surface area (Å²) >= 11 is 0. The highest BCUT2D eigenvalue weighted by Crippen LogP contribution is 2.27. The molecule has 2 heteroatoms. The molecule has 0 amide bonds. The van der Waals surface area contributed by atoms with E-state index >= 15 is 0 Å². The van der Waals surface area contributed by atoms with Gasteiger partial charge in [0.05, 0.1) is 0 Å². The molecule has 2 nitrogen and oxygen atoms in total. The second-order valence-corrected chi connectivity index (χ2v) is 3.88. The molecule has 1 unspecified atom stereocenters. The molecule has 1 aliphatic heterocycles. The van der Waals surface area contributed by atoms with Crippen LogP contribution in [0.5, 0.6) is 0 Å². The molecule has 75 valence electrons. The van der Waals surface area contributed by atoms with Crippen molar-refractivity contribution in [2.45, 2.75) is 18.6 Å². The van der Waals surface area contributed by atoms with Crippen molar-refractivity contribution >= 4 is 0 Å². The predicted molar refractivity (Wildman–Crippen MR) is 56.5 cm³/mol. The van der Waals surface area contributed by atoms with Crippen molar-refractivity contribution in [2.75, 3.05) is 13.1 Å². The second-order valence-electron chi connectivity index (χ2n) is 3.88. The average molecular weight is 190 g/mol. The van der Waals surface area contributed by atoms with Crippen LogP contribution in [0, 0.1) is 6.92 Å². The van der Waals surface area contributed by atoms with Crippen molar-refractivity contribution in [3.63, 3.8) is 0 Å². The Morgan fingerprint density at radius 2 is 1.71 bits per heavy atom. The Kier molecular flexibility index (Phi) is 2.57. The van der Waals surface area contributed by atoms with Crippen molar-refractivity contribution in [1.82, 2.24) is 4.90 Å². The highest BCUT2D eigenvalue weighted by Gasteiger charge is 2.32. The first-order valence-corrected chi connectivity index (χ1v) is 5.09. The maximum atomic E-state index is 10.3. The maximum absolute atomic E-state index is 10.3. The monoisotopic (exact) mass is 190 g/mol. The van der Waals surface area contributed by atoms with Crippen molar-refractivity contribution in [3.8, 4) is 0 Å². The third-order valence-corrected chi connectivity index (χ3v) is 2.87. The van der Waals surface area contributed by atoms with Crippen LogP contribution in [0.3, 0.4) is 0 Å². The largest absolute Gasteiger partial charge is 0.371 e. The van der Waals surface area contributed by atoms with Gasteiger partial charge >= 0.3 is 0 Å². The van der Waals surface area contributed by atoms with E-state index in [0.29, 0.717) is 0 Å². The fourth-order valence-electron chi connectivity index (χ4n) is 1.97. The molecule has 1 radical (unpaired) electrons. The van der Waals surface area contributed by atoms with E-state index in [4.69, 9.17) is 0 Å². The van der Waals surface area contributed by atoms with Gasteiger partial charge in [-0.1, -0.05) is 30.3 Å². The molecule has 1 aromatic carbocycles. The first-order valence-electron chi connectivity index (χ1n) is 5.09. The molecule has 0 saturated carbocycles. The van der Waals surface area contributed by atoms with Crippen molar-refractivity contribution in [3.05, 3.63) is 42.8 Å². The van der Waals surface area contributed by atoms with Crippen LogP contribution >= 0.6 is 0 Å². The molecule has 1 saturated heterocycles. The third kappa shape index (κ3) is 1.68. The third-order valence-electron chi connectivity index (χ3n) is 2.87. The summed E-state index contributed by atoms with van der Waals surface area (Å²) in [6.45, 7) is 5.78. The van der Waals surface area contributed by atoms with E-state index in [2.05, 4.69) is 6.92 Å². The van der Waals surface area contributed by atoms with Crippen LogP contribution in [0.2, 0.25) is 0 Å². The smallest absolute Gasteiger partial charge is 0.144 e. The van der Waals surface area contributed by atoms with Gasteiger partial charge in [-0.05, 0) is 25.3 Å². The topological polar surface area (TPSA) is 23.5 Å². The summed E-state index contributed by atoms with van der Waals surface area (Å²) in [5, 5.41) is 10.3. The minimum Gasteiger partial charge on any atom is -0.371 e. The van der Waals surface area contributed by atoms with Crippen LogP contribution in [0.25, 0.3) is 0 Å². The Labute approximate surface area is 85.2 Å². The molecular formula is C12H16NO. The highest BCUT2D eigenvalue weighted by molar-refractivity contribution is 5.23. The lowest BCUT2D eigenvalue weighted by Crippen LogP contribution is -2.42. The van der Waals surface area contributed by atoms with E-state index in [1.807, 2.05) is 35.2 Å². The number of rotatable bonds is 2. The van der Waals surface area contributed by atoms with Crippen LogP contribution in [0.4, 0.5) is 0 Å². The maximum Gasteiger partial charge on any atom is 0.144 e. The van der Waals surface area contributed by atoms with Crippen LogP contribution in [0.15, 0.2) is 30.3 Å². The molecule has 0 spiro atoms. The zero-order valence-corrected chi connectivity index (χ0v) is 8.32. The molecule has 1 aromatic rings. The quantitative estimate of drug-likeness (QED) is 0.768. The molecule has 1 atom stereocenters. The fraction of sp³-hybridized carbons (Fsp3) is 0.417. The number of hydrogen-bond donors (Lipinski definition) is 1. The summed E-state index contributed by atoms with van der Waals surface area (Å²) in [6, 6.07) is 9.66. The van der Waals surface area contributed by atoms with Gasteiger partial charge in [-0.2, -0.15) is 0 Å². The summed E-state index contributed by atoms with van der Waals surface area (Å²) < 4.78 is 0. The summed E-state index contributed by atoms with van der Waals surface area (Å²) in [7, 11) is 0. The van der Waals surface area contributed by atoms with E-state index in [0.717, 1.165) is 31.5 Å². The molecule has 0 aliphatic carbocycles. The van der Waals surface area contributed by atoms with Crippen molar-refractivity contribution in [1.29, 1.82) is 0 Å². The van der Waals surface area contributed by atoms with E-state index in [1.165, 1.54) is 0 Å². The lowest BCUT2D eigenvalue weighted by Gasteiger charge is -2.33. The highest BCUT2D eigenvalue weighted by atomic mass is 16.3. The summed E-state index contributed by atoms with van der Waals surface area (Å²) in [5.41, 5.74) is -0.167. The standard InChI is InChI=1S/C12H16NO/c1-12(14,13-9-5-6-10-13)11-7-3-2-4-8-11/h2-4,7-8,14H,1,5-6,9-10H2. The van der Waals surface area contributed by atoms with Crippen LogP contribution < -0.4 is 0 Å². The van der Waals surface area contributed by atoms with Crippen molar-refractivity contribution in [2.24, 2.45) is 0 Å². The van der Waals surface area contributed by atoms with Gasteiger partial charge in [0.1, 0.15) is 5.72 Å². The van der Waals surface area contributed by atoms with Crippen LogP contribution in [-0.2, 0) is 5.72 Å². The molecule has 14 heavy (non-hydrogen) atoms. The normalized spacial score (nSPS) is 22.1. The first-order chi connectivity index (χ1) is 6.71. The predicted octanol–water partition coefficient (Wildman–Crippen LogP) is 1.76. The molecule has 1 fully saturated rings. The number of aliphatic hydroxyl groups is 1. The van der Waals surface area contributed by atoms with Gasteiger partial charge in [-0.15, -0.1) is 0 Å². The van der Waals surface area contributed by atoms with Gasteiger partial charge in [-0.3, -0.25) is 4.90 Å². The Morgan fingerprint density at radius 3 is 2.29 bits per heavy atom. The second kappa shape index (κ2) is 3.71. The molecule has 2 rings (SSSR count). The lowest BCUT2D eigenvalue weighted by molar-refractivity contribution is -0.0636. The molecular weight excluding hydrogens is 174 g/mol. The summed E-state index contributed by atoms with van der Waals surface area (Å²) in [5.74, 6) is 0. The van der Waals surface area contributed by atoms with Gasteiger partial charge < -0.3 is 5.11 Å². The summed E-state index contributed by atoms with van der Waals surface area (Å²) in [6.07, 6.45) is 2.31. The minimum absolute atomic E-state index is 0.877. The number of nitrogens with zero attached hydrogens (tertiary/aromatic N) is 1. The van der Waals surface area contributed by atoms with Crippen molar-refractivity contribution < 1.29 is 5.11 Å². The molecule has 0 aromatic heterocycles. The Morgan fingerprint density at radius 1 is 1.14 bits per heavy atom. The Hall–Kier alpha value is -0.860. The fourth-order valence-corrected chi connectivity index (χ4v) is 1.97. The SMILES string of the molecule is [CH2]C(O)(c1ccccc1)N1CCCC1. The Bertz CT molecular complexity index is 288. The zero-order valence-electron chi connectivity index (χ0n) is 8.32. The van der Waals surface area contributed by atoms with Crippen LogP contribution in [-0.4, -0.2) is 23.1 Å². The Balaban J connectivity index is 2.22. The molecule has 0 bridgehead atoms. The van der Waals surface area contributed by atoms with Gasteiger partial charge in [0.15, 0.2) is 0 Å². The summed E-state index contributed by atoms with van der Waals surface area (Å²) in [4.78, 5) is 2.03. The van der Waals surface area contributed by atoms with E-state index in [9.17, 15) is 5.11 Å². The van der Waals surface area contributed by atoms with E-state index < -0.39 is 5.72 Å². The lowest BCUT2D eigenvalue weighted by atomic mass is 10.0. The molecule has 1 aliphatic rings. The van der Waals surface area contributed by atoms with Crippen LogP contribution in [0.1, 0.15) is 18.4 Å². The zero-order chi connectivity index (χ0) is 10.0. The number of hydrogen-bond acceptors (Lipinski definition) is 2. The van der Waals surface area contributed by atoms with E-state index in [-0.39, 0.29) is 0 Å².